The molecule has 2 saturated heterocycles. The molecular formula is C27H35F2N9O3. The van der Waals surface area contributed by atoms with E-state index < -0.39 is 24.2 Å². The van der Waals surface area contributed by atoms with Gasteiger partial charge in [0.05, 0.1) is 36.8 Å². The van der Waals surface area contributed by atoms with E-state index in [-0.39, 0.29) is 30.5 Å². The minimum absolute atomic E-state index is 0.102. The van der Waals surface area contributed by atoms with E-state index in [1.54, 1.807) is 36.1 Å². The lowest BCUT2D eigenvalue weighted by Crippen LogP contribution is -2.60. The average molecular weight is 572 g/mol. The van der Waals surface area contributed by atoms with Crippen molar-refractivity contribution in [3.05, 3.63) is 36.2 Å². The standard InChI is InChI=1S/C27H35F2N9O3/c1-16-15-37(23(39)13-31-26(40)18(3)30)17(2)14-36(16)22-12-21(35-8-10-41-11-9-35)33-27(34-22)38-20-7-5-4-6-19(20)32-25(38)24(28)29/h4-7,12,16-18,24H,8-11,13-15,30H2,1-3H3,(H,31,40). The quantitative estimate of drug-likeness (QED) is 0.432. The predicted octanol–water partition coefficient (Wildman–Crippen LogP) is 1.48. The van der Waals surface area contributed by atoms with Crippen LogP contribution in [0.5, 0.6) is 0 Å². The minimum atomic E-state index is -2.84. The Labute approximate surface area is 236 Å². The summed E-state index contributed by atoms with van der Waals surface area (Å²) >= 11 is 0. The van der Waals surface area contributed by atoms with E-state index in [4.69, 9.17) is 20.4 Å². The number of alkyl halides is 2. The molecule has 3 N–H and O–H groups in total. The number of halogens is 2. The number of benzene rings is 1. The number of imidazole rings is 1. The van der Waals surface area contributed by atoms with Crippen LogP contribution in [0, 0.1) is 0 Å². The van der Waals surface area contributed by atoms with Gasteiger partial charge in [0.15, 0.2) is 5.82 Å². The van der Waals surface area contributed by atoms with Crippen molar-refractivity contribution < 1.29 is 23.1 Å². The predicted molar refractivity (Wildman–Crippen MR) is 149 cm³/mol. The number of para-hydroxylation sites is 2. The molecule has 2 amide bonds. The second-order valence-corrected chi connectivity index (χ2v) is 10.5. The molecular weight excluding hydrogens is 536 g/mol. The third kappa shape index (κ3) is 5.93. The monoisotopic (exact) mass is 571 g/mol. The molecule has 12 nitrogen and oxygen atoms in total. The van der Waals surface area contributed by atoms with Crippen LogP contribution >= 0.6 is 0 Å². The van der Waals surface area contributed by atoms with E-state index in [0.29, 0.717) is 62.1 Å². The summed E-state index contributed by atoms with van der Waals surface area (Å²) in [7, 11) is 0. The van der Waals surface area contributed by atoms with Gasteiger partial charge in [-0.1, -0.05) is 12.1 Å². The van der Waals surface area contributed by atoms with Gasteiger partial charge < -0.3 is 30.5 Å². The van der Waals surface area contributed by atoms with E-state index >= 15 is 0 Å². The van der Waals surface area contributed by atoms with Crippen LogP contribution in [0.15, 0.2) is 30.3 Å². The number of nitrogens with two attached hydrogens (primary N) is 1. The first kappa shape index (κ1) is 28.6. The largest absolute Gasteiger partial charge is 0.378 e. The van der Waals surface area contributed by atoms with Crippen LogP contribution in [-0.2, 0) is 14.3 Å². The van der Waals surface area contributed by atoms with E-state index in [0.717, 1.165) is 0 Å². The van der Waals surface area contributed by atoms with Crippen molar-refractivity contribution in [1.29, 1.82) is 0 Å². The molecule has 3 unspecified atom stereocenters. The summed E-state index contributed by atoms with van der Waals surface area (Å²) in [5.74, 6) is 0.236. The van der Waals surface area contributed by atoms with Crippen LogP contribution in [0.25, 0.3) is 17.0 Å². The Balaban J connectivity index is 1.49. The number of ether oxygens (including phenoxy) is 1. The Morgan fingerprint density at radius 3 is 2.49 bits per heavy atom. The molecule has 0 radical (unpaired) electrons. The number of aromatic nitrogens is 4. The Morgan fingerprint density at radius 1 is 1.07 bits per heavy atom. The highest BCUT2D eigenvalue weighted by molar-refractivity contribution is 5.87. The molecule has 1 aromatic carbocycles. The summed E-state index contributed by atoms with van der Waals surface area (Å²) in [5.41, 5.74) is 6.50. The molecule has 3 atom stereocenters. The van der Waals surface area contributed by atoms with Gasteiger partial charge in [-0.2, -0.15) is 9.97 Å². The van der Waals surface area contributed by atoms with Crippen molar-refractivity contribution in [2.24, 2.45) is 5.73 Å². The van der Waals surface area contributed by atoms with Gasteiger partial charge in [0.2, 0.25) is 17.8 Å². The van der Waals surface area contributed by atoms with Crippen molar-refractivity contribution >= 4 is 34.5 Å². The van der Waals surface area contributed by atoms with Gasteiger partial charge in [-0.15, -0.1) is 0 Å². The Bertz CT molecular complexity index is 1410. The number of piperazine rings is 1. The molecule has 41 heavy (non-hydrogen) atoms. The first-order valence-corrected chi connectivity index (χ1v) is 13.7. The fourth-order valence-electron chi connectivity index (χ4n) is 5.23. The van der Waals surface area contributed by atoms with Crippen LogP contribution in [0.1, 0.15) is 33.0 Å². The highest BCUT2D eigenvalue weighted by Crippen LogP contribution is 2.31. The van der Waals surface area contributed by atoms with Crippen LogP contribution in [0.3, 0.4) is 0 Å². The van der Waals surface area contributed by atoms with Crippen molar-refractivity contribution in [2.45, 2.75) is 45.3 Å². The number of morpholine rings is 1. The van der Waals surface area contributed by atoms with Crippen LogP contribution in [0.2, 0.25) is 0 Å². The van der Waals surface area contributed by atoms with E-state index in [2.05, 4.69) is 15.2 Å². The molecule has 0 bridgehead atoms. The molecule has 2 aliphatic heterocycles. The van der Waals surface area contributed by atoms with Gasteiger partial charge in [-0.25, -0.2) is 13.8 Å². The second kappa shape index (κ2) is 11.9. The zero-order valence-corrected chi connectivity index (χ0v) is 23.3. The lowest BCUT2D eigenvalue weighted by Gasteiger charge is -2.45. The topological polar surface area (TPSA) is 135 Å². The number of nitrogens with one attached hydrogen (secondary N) is 1. The van der Waals surface area contributed by atoms with Crippen molar-refractivity contribution in [2.75, 3.05) is 55.7 Å². The Hall–Kier alpha value is -3.91. The number of anilines is 2. The molecule has 0 spiro atoms. The number of nitrogens with zero attached hydrogens (tertiary/aromatic N) is 7. The lowest BCUT2D eigenvalue weighted by molar-refractivity contribution is -0.135. The molecule has 3 aromatic rings. The number of fused-ring (bicyclic) bond motifs is 1. The maximum atomic E-state index is 14.2. The average Bonchev–Trinajstić information content (AvgIpc) is 3.37. The zero-order chi connectivity index (χ0) is 29.3. The Kier molecular flexibility index (Phi) is 8.31. The van der Waals surface area contributed by atoms with Crippen molar-refractivity contribution in [3.63, 3.8) is 0 Å². The first-order chi connectivity index (χ1) is 19.6. The van der Waals surface area contributed by atoms with Crippen molar-refractivity contribution in [1.82, 2.24) is 29.7 Å². The number of rotatable bonds is 7. The molecule has 4 heterocycles. The third-order valence-corrected chi connectivity index (χ3v) is 7.43. The fraction of sp³-hybridized carbons (Fsp3) is 0.519. The summed E-state index contributed by atoms with van der Waals surface area (Å²) in [6.45, 7) is 8.40. The molecule has 0 saturated carbocycles. The van der Waals surface area contributed by atoms with Crippen molar-refractivity contribution in [3.8, 4) is 5.95 Å². The summed E-state index contributed by atoms with van der Waals surface area (Å²) in [5, 5.41) is 2.58. The van der Waals surface area contributed by atoms with Gasteiger partial charge in [-0.05, 0) is 32.9 Å². The lowest BCUT2D eigenvalue weighted by atomic mass is 10.1. The van der Waals surface area contributed by atoms with Gasteiger partial charge >= 0.3 is 0 Å². The summed E-state index contributed by atoms with van der Waals surface area (Å²) < 4.78 is 35.2. The van der Waals surface area contributed by atoms with Gasteiger partial charge in [-0.3, -0.25) is 14.2 Å². The number of amides is 2. The first-order valence-electron chi connectivity index (χ1n) is 13.7. The zero-order valence-electron chi connectivity index (χ0n) is 23.3. The third-order valence-electron chi connectivity index (χ3n) is 7.43. The van der Waals surface area contributed by atoms with Gasteiger partial charge in [0, 0.05) is 44.3 Å². The van der Waals surface area contributed by atoms with E-state index in [9.17, 15) is 18.4 Å². The van der Waals surface area contributed by atoms with Crippen LogP contribution in [0.4, 0.5) is 20.4 Å². The highest BCUT2D eigenvalue weighted by Gasteiger charge is 2.34. The molecule has 0 aliphatic carbocycles. The number of carbonyl (C=O) groups excluding carboxylic acids is 2. The highest BCUT2D eigenvalue weighted by atomic mass is 19.3. The molecule has 14 heteroatoms. The molecule has 220 valence electrons. The smallest absolute Gasteiger partial charge is 0.296 e. The maximum Gasteiger partial charge on any atom is 0.296 e. The molecule has 2 aliphatic rings. The van der Waals surface area contributed by atoms with E-state index in [1.165, 1.54) is 4.57 Å². The summed E-state index contributed by atoms with van der Waals surface area (Å²) in [6, 6.07) is 7.70. The Morgan fingerprint density at radius 2 is 1.78 bits per heavy atom. The second-order valence-electron chi connectivity index (χ2n) is 10.5. The minimum Gasteiger partial charge on any atom is -0.378 e. The van der Waals surface area contributed by atoms with E-state index in [1.807, 2.05) is 24.8 Å². The number of carbonyl (C=O) groups is 2. The summed E-state index contributed by atoms with van der Waals surface area (Å²) in [4.78, 5) is 44.3. The SMILES string of the molecule is CC(N)C(=O)NCC(=O)N1CC(C)N(c2cc(N3CCOCC3)nc(-n3c(C(F)F)nc4ccccc43)n2)CC1C. The van der Waals surface area contributed by atoms with Crippen LogP contribution in [-0.4, -0.2) is 100 Å². The maximum absolute atomic E-state index is 14.2. The normalized spacial score (nSPS) is 20.5. The van der Waals surface area contributed by atoms with Gasteiger partial charge in [0.1, 0.15) is 11.6 Å². The number of hydrogen-bond donors (Lipinski definition) is 2. The summed E-state index contributed by atoms with van der Waals surface area (Å²) in [6.07, 6.45) is -2.84. The molecule has 5 rings (SSSR count). The van der Waals surface area contributed by atoms with Gasteiger partial charge in [0.25, 0.3) is 6.43 Å². The molecule has 2 aromatic heterocycles. The molecule has 2 fully saturated rings. The fourth-order valence-corrected chi connectivity index (χ4v) is 5.23. The number of hydrogen-bond acceptors (Lipinski definition) is 9. The van der Waals surface area contributed by atoms with Crippen LogP contribution < -0.4 is 20.9 Å².